The van der Waals surface area contributed by atoms with E-state index in [1.807, 2.05) is 24.3 Å². The Bertz CT molecular complexity index is 802. The van der Waals surface area contributed by atoms with Crippen LogP contribution in [0.25, 0.3) is 0 Å². The molecule has 178 valence electrons. The molecule has 0 spiro atoms. The quantitative estimate of drug-likeness (QED) is 0.482. The Morgan fingerprint density at radius 1 is 1.03 bits per heavy atom. The van der Waals surface area contributed by atoms with Crippen molar-refractivity contribution in [3.8, 4) is 0 Å². The summed E-state index contributed by atoms with van der Waals surface area (Å²) in [6.07, 6.45) is -1.14. The predicted molar refractivity (Wildman–Crippen MR) is 122 cm³/mol. The van der Waals surface area contributed by atoms with Crippen molar-refractivity contribution in [2.24, 2.45) is 11.8 Å². The molecule has 0 aliphatic heterocycles. The van der Waals surface area contributed by atoms with Gasteiger partial charge >= 0.3 is 11.9 Å². The molecule has 1 aromatic carbocycles. The van der Waals surface area contributed by atoms with E-state index in [1.165, 1.54) is 6.92 Å². The zero-order valence-corrected chi connectivity index (χ0v) is 20.3. The van der Waals surface area contributed by atoms with Crippen molar-refractivity contribution in [1.29, 1.82) is 0 Å². The van der Waals surface area contributed by atoms with E-state index >= 15 is 0 Å². The molecule has 2 rings (SSSR count). The fraction of sp³-hybridized carbons (Fsp3) is 0.640. The number of Topliss-reactive ketones (excluding diaryl/α,β-unsaturated/α-hetero) is 1. The summed E-state index contributed by atoms with van der Waals surface area (Å²) in [4.78, 5) is 41.3. The molecule has 1 aliphatic carbocycles. The summed E-state index contributed by atoms with van der Waals surface area (Å²) in [6, 6.07) is 7.45. The van der Waals surface area contributed by atoms with Crippen molar-refractivity contribution < 1.29 is 29.0 Å². The lowest BCUT2D eigenvalue weighted by atomic mass is 9.61. The van der Waals surface area contributed by atoms with Crippen molar-refractivity contribution in [2.45, 2.75) is 78.6 Å². The predicted octanol–water partition coefficient (Wildman–Crippen LogP) is 3.48. The van der Waals surface area contributed by atoms with Crippen LogP contribution in [0.15, 0.2) is 24.3 Å². The Morgan fingerprint density at radius 3 is 2.00 bits per heavy atom. The summed E-state index contributed by atoms with van der Waals surface area (Å²) in [5.41, 5.74) is -0.0410. The number of esters is 2. The van der Waals surface area contributed by atoms with Crippen LogP contribution in [0.1, 0.15) is 66.4 Å². The number of hydrogen-bond acceptors (Lipinski definition) is 7. The first-order chi connectivity index (χ1) is 14.9. The molecule has 1 fully saturated rings. The zero-order chi connectivity index (χ0) is 24.2. The molecule has 1 aromatic rings. The van der Waals surface area contributed by atoms with Gasteiger partial charge in [0.2, 0.25) is 0 Å². The minimum absolute atomic E-state index is 0.323. The first-order valence-corrected chi connectivity index (χ1v) is 11.4. The van der Waals surface area contributed by atoms with Crippen LogP contribution in [-0.4, -0.2) is 53.7 Å². The molecular weight excluding hydrogens is 410 g/mol. The first-order valence-electron chi connectivity index (χ1n) is 11.4. The molecule has 0 bridgehead atoms. The Hall–Kier alpha value is -2.41. The van der Waals surface area contributed by atoms with Crippen molar-refractivity contribution >= 4 is 23.4 Å². The second kappa shape index (κ2) is 10.5. The lowest BCUT2D eigenvalue weighted by Gasteiger charge is -2.44. The van der Waals surface area contributed by atoms with Gasteiger partial charge < -0.3 is 19.5 Å². The summed E-state index contributed by atoms with van der Waals surface area (Å²) in [5.74, 6) is -4.92. The summed E-state index contributed by atoms with van der Waals surface area (Å²) < 4.78 is 10.8. The number of nitrogens with zero attached hydrogens (tertiary/aromatic N) is 1. The van der Waals surface area contributed by atoms with Crippen LogP contribution in [0.4, 0.5) is 5.69 Å². The van der Waals surface area contributed by atoms with Crippen molar-refractivity contribution in [3.05, 3.63) is 29.8 Å². The third-order valence-electron chi connectivity index (χ3n) is 5.89. The number of carbonyl (C=O) groups is 3. The van der Waals surface area contributed by atoms with E-state index in [0.29, 0.717) is 5.56 Å². The van der Waals surface area contributed by atoms with Gasteiger partial charge in [-0.25, -0.2) is 0 Å². The Morgan fingerprint density at radius 2 is 1.53 bits per heavy atom. The highest BCUT2D eigenvalue weighted by atomic mass is 16.5. The number of carbonyl (C=O) groups excluding carboxylic acids is 3. The molecule has 1 aliphatic rings. The highest BCUT2D eigenvalue weighted by Crippen LogP contribution is 2.47. The number of benzene rings is 1. The molecule has 0 saturated heterocycles. The maximum Gasteiger partial charge on any atom is 0.317 e. The van der Waals surface area contributed by atoms with Crippen molar-refractivity contribution in [1.82, 2.24) is 0 Å². The average molecular weight is 448 g/mol. The molecule has 1 saturated carbocycles. The standard InChI is InChI=1S/C25H37NO6/c1-8-26(9-2)18-12-10-17(11-13-18)20-21(23(28)31-15(3)4)19(27)14-25(7,30)22(20)24(29)32-16(5)6/h10-13,15-16,20-22,30H,8-9,14H2,1-7H3/t20-,21-,22-,25+/m1/s1. The van der Waals surface area contributed by atoms with Crippen molar-refractivity contribution in [2.75, 3.05) is 18.0 Å². The molecule has 32 heavy (non-hydrogen) atoms. The van der Waals surface area contributed by atoms with Crippen LogP contribution < -0.4 is 4.90 Å². The molecule has 1 N–H and O–H groups in total. The van der Waals surface area contributed by atoms with Gasteiger partial charge in [0, 0.05) is 31.1 Å². The summed E-state index contributed by atoms with van der Waals surface area (Å²) in [6.45, 7) is 14.1. The third-order valence-corrected chi connectivity index (χ3v) is 5.89. The number of aliphatic hydroxyl groups is 1. The van der Waals surface area contributed by atoms with Gasteiger partial charge in [0.1, 0.15) is 5.92 Å². The lowest BCUT2D eigenvalue weighted by molar-refractivity contribution is -0.176. The van der Waals surface area contributed by atoms with Crippen LogP contribution in [-0.2, 0) is 23.9 Å². The molecule has 4 atom stereocenters. The molecule has 0 radical (unpaired) electrons. The number of ether oxygens (including phenoxy) is 2. The second-order valence-corrected chi connectivity index (χ2v) is 9.22. The van der Waals surface area contributed by atoms with Crippen LogP contribution in [0, 0.1) is 11.8 Å². The molecule has 7 nitrogen and oxygen atoms in total. The summed E-state index contributed by atoms with van der Waals surface area (Å²) >= 11 is 0. The Balaban J connectivity index is 2.60. The summed E-state index contributed by atoms with van der Waals surface area (Å²) in [7, 11) is 0. The Labute approximate surface area is 191 Å². The molecule has 0 heterocycles. The van der Waals surface area contributed by atoms with Gasteiger partial charge in [-0.1, -0.05) is 12.1 Å². The van der Waals surface area contributed by atoms with E-state index < -0.39 is 53.3 Å². The monoisotopic (exact) mass is 447 g/mol. The van der Waals surface area contributed by atoms with Gasteiger partial charge in [0.25, 0.3) is 0 Å². The van der Waals surface area contributed by atoms with Gasteiger partial charge in [-0.15, -0.1) is 0 Å². The molecular formula is C25H37NO6. The first kappa shape index (κ1) is 25.8. The van der Waals surface area contributed by atoms with Gasteiger partial charge in [0.15, 0.2) is 5.78 Å². The maximum atomic E-state index is 13.1. The normalized spacial score (nSPS) is 25.7. The second-order valence-electron chi connectivity index (χ2n) is 9.22. The van der Waals surface area contributed by atoms with Crippen molar-refractivity contribution in [3.63, 3.8) is 0 Å². The molecule has 0 amide bonds. The number of anilines is 1. The SMILES string of the molecule is CCN(CC)c1ccc([C@@H]2[C@H](C(=O)OC(C)C)C(=O)C[C@](C)(O)[C@H]2C(=O)OC(C)C)cc1. The Kier molecular flexibility index (Phi) is 8.46. The third kappa shape index (κ3) is 5.68. The number of hydrogen-bond donors (Lipinski definition) is 1. The number of ketones is 1. The lowest BCUT2D eigenvalue weighted by Crippen LogP contribution is -2.55. The van der Waals surface area contributed by atoms with Crippen LogP contribution >= 0.6 is 0 Å². The van der Waals surface area contributed by atoms with Crippen LogP contribution in [0.3, 0.4) is 0 Å². The minimum Gasteiger partial charge on any atom is -0.463 e. The topological polar surface area (TPSA) is 93.1 Å². The van der Waals surface area contributed by atoms with Gasteiger partial charge in [-0.3, -0.25) is 14.4 Å². The largest absolute Gasteiger partial charge is 0.463 e. The molecule has 0 unspecified atom stereocenters. The molecule has 7 heteroatoms. The number of rotatable bonds is 8. The van der Waals surface area contributed by atoms with E-state index in [4.69, 9.17) is 9.47 Å². The minimum atomic E-state index is -1.65. The van der Waals surface area contributed by atoms with Crippen LogP contribution in [0.5, 0.6) is 0 Å². The highest BCUT2D eigenvalue weighted by molar-refractivity contribution is 6.02. The fourth-order valence-electron chi connectivity index (χ4n) is 4.52. The summed E-state index contributed by atoms with van der Waals surface area (Å²) in [5, 5.41) is 11.1. The van der Waals surface area contributed by atoms with Gasteiger partial charge in [-0.2, -0.15) is 0 Å². The van der Waals surface area contributed by atoms with Gasteiger partial charge in [-0.05, 0) is 66.2 Å². The maximum absolute atomic E-state index is 13.1. The van der Waals surface area contributed by atoms with Gasteiger partial charge in [0.05, 0.1) is 23.7 Å². The van der Waals surface area contributed by atoms with E-state index in [2.05, 4.69) is 18.7 Å². The van der Waals surface area contributed by atoms with E-state index in [9.17, 15) is 19.5 Å². The van der Waals surface area contributed by atoms with E-state index in [1.54, 1.807) is 27.7 Å². The molecule has 0 aromatic heterocycles. The smallest absolute Gasteiger partial charge is 0.317 e. The van der Waals surface area contributed by atoms with Crippen LogP contribution in [0.2, 0.25) is 0 Å². The zero-order valence-electron chi connectivity index (χ0n) is 20.3. The highest BCUT2D eigenvalue weighted by Gasteiger charge is 2.57. The van der Waals surface area contributed by atoms with E-state index in [0.717, 1.165) is 18.8 Å². The fourth-order valence-corrected chi connectivity index (χ4v) is 4.52. The van der Waals surface area contributed by atoms with E-state index in [-0.39, 0.29) is 6.42 Å². The average Bonchev–Trinajstić information content (AvgIpc) is 2.66.